The average molecular weight is 507 g/mol. The molecule has 3 aromatic rings. The van der Waals surface area contributed by atoms with E-state index in [1.165, 1.54) is 18.5 Å². The zero-order valence-corrected chi connectivity index (χ0v) is 21.3. The molecule has 0 bridgehead atoms. The van der Waals surface area contributed by atoms with E-state index in [4.69, 9.17) is 32.7 Å². The van der Waals surface area contributed by atoms with Crippen LogP contribution in [0.1, 0.15) is 20.3 Å². The Morgan fingerprint density at radius 2 is 2.00 bits per heavy atom. The second kappa shape index (κ2) is 10.5. The predicted octanol–water partition coefficient (Wildman–Crippen LogP) is 6.43. The molecule has 1 N–H and O–H groups in total. The van der Waals surface area contributed by atoms with Gasteiger partial charge in [0.1, 0.15) is 12.1 Å². The van der Waals surface area contributed by atoms with Crippen LogP contribution >= 0.6 is 23.2 Å². The summed E-state index contributed by atoms with van der Waals surface area (Å²) in [6.07, 6.45) is 2.53. The van der Waals surface area contributed by atoms with Gasteiger partial charge in [0, 0.05) is 24.5 Å². The van der Waals surface area contributed by atoms with Gasteiger partial charge in [-0.1, -0.05) is 37.0 Å². The van der Waals surface area contributed by atoms with E-state index in [1.54, 1.807) is 13.2 Å². The average Bonchev–Trinajstić information content (AvgIpc) is 3.13. The summed E-state index contributed by atoms with van der Waals surface area (Å²) >= 11 is 11.8. The van der Waals surface area contributed by atoms with Crippen LogP contribution in [0.25, 0.3) is 10.9 Å². The van der Waals surface area contributed by atoms with Crippen molar-refractivity contribution in [3.8, 4) is 11.5 Å². The van der Waals surface area contributed by atoms with Gasteiger partial charge in [-0.15, -0.1) is 0 Å². The van der Waals surface area contributed by atoms with E-state index in [2.05, 4.69) is 41.1 Å². The largest absolute Gasteiger partial charge is 0.493 e. The standard InChI is InChI=1S/C25H29Cl2FN4O2/c1-14(7-16-11-32(3)10-15(16)2)12-34-22-9-20-17(8-21(22)33-4)25(30-13-29-20)31-19-6-5-18(26)23(27)24(19)28/h5-6,8-9,13-16H,7,10-12H2,1-4H3,(H,29,30,31)/t14?,15-,16?/m1/s1. The van der Waals surface area contributed by atoms with Crippen LogP contribution in [0.3, 0.4) is 0 Å². The van der Waals surface area contributed by atoms with Crippen LogP contribution in [0.2, 0.25) is 10.0 Å². The van der Waals surface area contributed by atoms with E-state index in [0.29, 0.717) is 52.6 Å². The first kappa shape index (κ1) is 24.8. The minimum atomic E-state index is -0.649. The molecule has 6 nitrogen and oxygen atoms in total. The molecule has 182 valence electrons. The van der Waals surface area contributed by atoms with E-state index in [1.807, 2.05) is 6.07 Å². The fourth-order valence-electron chi connectivity index (χ4n) is 4.61. The lowest BCUT2D eigenvalue weighted by molar-refractivity contribution is 0.216. The summed E-state index contributed by atoms with van der Waals surface area (Å²) < 4.78 is 26.3. The maximum absolute atomic E-state index is 14.6. The first-order chi connectivity index (χ1) is 16.3. The molecular formula is C25H29Cl2FN4O2. The van der Waals surface area contributed by atoms with E-state index >= 15 is 0 Å². The molecule has 4 rings (SSSR count). The molecule has 0 radical (unpaired) electrons. The van der Waals surface area contributed by atoms with Crippen LogP contribution in [0, 0.1) is 23.6 Å². The lowest BCUT2D eigenvalue weighted by Gasteiger charge is -2.21. The lowest BCUT2D eigenvalue weighted by atomic mass is 9.89. The fourth-order valence-corrected chi connectivity index (χ4v) is 4.92. The van der Waals surface area contributed by atoms with E-state index in [0.717, 1.165) is 19.5 Å². The number of nitrogens with zero attached hydrogens (tertiary/aromatic N) is 3. The first-order valence-electron chi connectivity index (χ1n) is 11.3. The summed E-state index contributed by atoms with van der Waals surface area (Å²) in [5, 5.41) is 3.64. The van der Waals surface area contributed by atoms with Gasteiger partial charge in [0.05, 0.1) is 35.0 Å². The second-order valence-electron chi connectivity index (χ2n) is 9.20. The molecule has 2 unspecified atom stereocenters. The van der Waals surface area contributed by atoms with Crippen molar-refractivity contribution in [2.75, 3.05) is 39.2 Å². The van der Waals surface area contributed by atoms with Crippen molar-refractivity contribution >= 4 is 45.6 Å². The van der Waals surface area contributed by atoms with Crippen LogP contribution in [-0.4, -0.2) is 48.7 Å². The summed E-state index contributed by atoms with van der Waals surface area (Å²) in [6.45, 7) is 7.41. The van der Waals surface area contributed by atoms with Crippen molar-refractivity contribution in [2.45, 2.75) is 20.3 Å². The Hall–Kier alpha value is -2.35. The van der Waals surface area contributed by atoms with Crippen molar-refractivity contribution in [3.05, 3.63) is 46.5 Å². The number of methoxy groups -OCH3 is 1. The number of likely N-dealkylation sites (tertiary alicyclic amines) is 1. The Morgan fingerprint density at radius 1 is 1.21 bits per heavy atom. The molecule has 2 heterocycles. The first-order valence-corrected chi connectivity index (χ1v) is 12.1. The SMILES string of the molecule is COc1cc2c(Nc3ccc(Cl)c(Cl)c3F)ncnc2cc1OCC(C)CC1CN(C)C[C@H]1C. The van der Waals surface area contributed by atoms with Crippen LogP contribution < -0.4 is 14.8 Å². The minimum absolute atomic E-state index is 0.143. The summed E-state index contributed by atoms with van der Waals surface area (Å²) in [6, 6.07) is 6.65. The van der Waals surface area contributed by atoms with Crippen LogP contribution in [-0.2, 0) is 0 Å². The normalized spacial score (nSPS) is 19.4. The maximum atomic E-state index is 14.6. The highest BCUT2D eigenvalue weighted by Crippen LogP contribution is 2.37. The Bertz CT molecular complexity index is 1180. The fraction of sp³-hybridized carbons (Fsp3) is 0.440. The quantitative estimate of drug-likeness (QED) is 0.355. The second-order valence-corrected chi connectivity index (χ2v) is 9.99. The molecule has 1 aromatic heterocycles. The lowest BCUT2D eigenvalue weighted by Crippen LogP contribution is -2.18. The zero-order valence-electron chi connectivity index (χ0n) is 19.7. The monoisotopic (exact) mass is 506 g/mol. The zero-order chi connectivity index (χ0) is 24.4. The summed E-state index contributed by atoms with van der Waals surface area (Å²) in [5.74, 6) is 2.73. The van der Waals surface area contributed by atoms with Gasteiger partial charge in [0.2, 0.25) is 0 Å². The number of hydrogen-bond acceptors (Lipinski definition) is 6. The Balaban J connectivity index is 1.53. The number of fused-ring (bicyclic) bond motifs is 1. The third kappa shape index (κ3) is 5.32. The Kier molecular flexibility index (Phi) is 7.65. The van der Waals surface area contributed by atoms with Gasteiger partial charge in [0.25, 0.3) is 0 Å². The van der Waals surface area contributed by atoms with Gasteiger partial charge in [-0.05, 0) is 49.4 Å². The predicted molar refractivity (Wildman–Crippen MR) is 135 cm³/mol. The molecule has 0 saturated carbocycles. The molecule has 1 fully saturated rings. The molecule has 2 aromatic carbocycles. The molecule has 1 aliphatic rings. The third-order valence-corrected chi connectivity index (χ3v) is 7.17. The van der Waals surface area contributed by atoms with Gasteiger partial charge in [-0.2, -0.15) is 0 Å². The molecule has 34 heavy (non-hydrogen) atoms. The Morgan fingerprint density at radius 3 is 2.71 bits per heavy atom. The van der Waals surface area contributed by atoms with Gasteiger partial charge in [-0.3, -0.25) is 0 Å². The van der Waals surface area contributed by atoms with Crippen molar-refractivity contribution in [3.63, 3.8) is 0 Å². The van der Waals surface area contributed by atoms with E-state index in [9.17, 15) is 4.39 Å². The highest BCUT2D eigenvalue weighted by molar-refractivity contribution is 6.42. The van der Waals surface area contributed by atoms with Gasteiger partial charge < -0.3 is 19.7 Å². The van der Waals surface area contributed by atoms with Crippen LogP contribution in [0.4, 0.5) is 15.9 Å². The van der Waals surface area contributed by atoms with Crippen molar-refractivity contribution in [1.29, 1.82) is 0 Å². The van der Waals surface area contributed by atoms with E-state index < -0.39 is 5.82 Å². The number of nitrogens with one attached hydrogen (secondary N) is 1. The van der Waals surface area contributed by atoms with Gasteiger partial charge in [-0.25, -0.2) is 14.4 Å². The molecule has 1 aliphatic heterocycles. The molecule has 0 spiro atoms. The molecule has 0 aliphatic carbocycles. The molecule has 3 atom stereocenters. The molecule has 1 saturated heterocycles. The van der Waals surface area contributed by atoms with Crippen molar-refractivity contribution < 1.29 is 13.9 Å². The Labute approximate surface area is 209 Å². The van der Waals surface area contributed by atoms with Gasteiger partial charge >= 0.3 is 0 Å². The highest BCUT2D eigenvalue weighted by Gasteiger charge is 2.28. The molecule has 9 heteroatoms. The third-order valence-electron chi connectivity index (χ3n) is 6.39. The van der Waals surface area contributed by atoms with E-state index in [-0.39, 0.29) is 15.7 Å². The summed E-state index contributed by atoms with van der Waals surface area (Å²) in [7, 11) is 3.77. The number of rotatable bonds is 8. The minimum Gasteiger partial charge on any atom is -0.493 e. The number of aromatic nitrogens is 2. The highest BCUT2D eigenvalue weighted by atomic mass is 35.5. The van der Waals surface area contributed by atoms with Crippen molar-refractivity contribution in [2.24, 2.45) is 17.8 Å². The van der Waals surface area contributed by atoms with Crippen LogP contribution in [0.15, 0.2) is 30.6 Å². The summed E-state index contributed by atoms with van der Waals surface area (Å²) in [5.41, 5.74) is 0.807. The topological polar surface area (TPSA) is 59.5 Å². The molecular weight excluding hydrogens is 478 g/mol. The number of benzene rings is 2. The maximum Gasteiger partial charge on any atom is 0.166 e. The van der Waals surface area contributed by atoms with Crippen LogP contribution in [0.5, 0.6) is 11.5 Å². The van der Waals surface area contributed by atoms with Crippen molar-refractivity contribution in [1.82, 2.24) is 14.9 Å². The number of halogens is 3. The summed E-state index contributed by atoms with van der Waals surface area (Å²) in [4.78, 5) is 11.0. The number of hydrogen-bond donors (Lipinski definition) is 1. The molecule has 0 amide bonds. The number of ether oxygens (including phenoxy) is 2. The number of anilines is 2. The van der Waals surface area contributed by atoms with Gasteiger partial charge in [0.15, 0.2) is 17.3 Å². The smallest absolute Gasteiger partial charge is 0.166 e.